The van der Waals surface area contributed by atoms with E-state index < -0.39 is 0 Å². The molecule has 2 bridgehead atoms. The van der Waals surface area contributed by atoms with Gasteiger partial charge in [0.05, 0.1) is 5.92 Å². The Bertz CT molecular complexity index is 185. The Kier molecular flexibility index (Phi) is 0.833. The van der Waals surface area contributed by atoms with E-state index in [0.717, 1.165) is 6.42 Å². The molecule has 9 heavy (non-hydrogen) atoms. The predicted molar refractivity (Wildman–Crippen MR) is 33.7 cm³/mol. The van der Waals surface area contributed by atoms with Gasteiger partial charge in [-0.2, -0.15) is 0 Å². The van der Waals surface area contributed by atoms with Crippen LogP contribution in [0, 0.1) is 11.8 Å². The summed E-state index contributed by atoms with van der Waals surface area (Å²) in [4.78, 5) is 11.0. The number of carbonyl (C=O) groups excluding carboxylic acids is 1. The smallest absolute Gasteiger partial charge is 0.148 e. The first-order valence-corrected chi connectivity index (χ1v) is 3.26. The zero-order valence-corrected chi connectivity index (χ0v) is 5.08. The van der Waals surface area contributed by atoms with E-state index in [4.69, 9.17) is 5.73 Å². The highest BCUT2D eigenvalue weighted by Crippen LogP contribution is 2.34. The van der Waals surface area contributed by atoms with E-state index >= 15 is 0 Å². The van der Waals surface area contributed by atoms with Crippen LogP contribution in [0.5, 0.6) is 0 Å². The lowest BCUT2D eigenvalue weighted by molar-refractivity contribution is -0.120. The normalized spacial score (nSPS) is 46.8. The number of Topliss-reactive ketones (excluding diaryl/α,β-unsaturated/α-hetero) is 1. The first-order valence-electron chi connectivity index (χ1n) is 3.26. The van der Waals surface area contributed by atoms with Crippen LogP contribution in [0.2, 0.25) is 0 Å². The minimum Gasteiger partial charge on any atom is -0.327 e. The van der Waals surface area contributed by atoms with Gasteiger partial charge >= 0.3 is 0 Å². The van der Waals surface area contributed by atoms with E-state index in [1.807, 2.05) is 12.2 Å². The molecule has 2 nitrogen and oxygen atoms in total. The molecule has 0 unspecified atom stereocenters. The average molecular weight is 123 g/mol. The lowest BCUT2D eigenvalue weighted by Gasteiger charge is -2.08. The van der Waals surface area contributed by atoms with Crippen molar-refractivity contribution in [3.63, 3.8) is 0 Å². The number of hydrogen-bond donors (Lipinski definition) is 1. The molecule has 0 aliphatic heterocycles. The minimum atomic E-state index is 0.0648. The van der Waals surface area contributed by atoms with E-state index in [1.54, 1.807) is 0 Å². The molecule has 0 aromatic carbocycles. The molecule has 2 heteroatoms. The number of ketones is 1. The quantitative estimate of drug-likeness (QED) is 0.464. The molecule has 0 spiro atoms. The number of nitrogens with two attached hydrogens (primary N) is 1. The monoisotopic (exact) mass is 123 g/mol. The van der Waals surface area contributed by atoms with Crippen molar-refractivity contribution >= 4 is 5.78 Å². The lowest BCUT2D eigenvalue weighted by atomic mass is 10.0. The maximum atomic E-state index is 11.0. The number of allylic oxidation sites excluding steroid dienone is 1. The third-order valence-corrected chi connectivity index (χ3v) is 2.23. The maximum absolute atomic E-state index is 11.0. The molecule has 0 saturated heterocycles. The van der Waals surface area contributed by atoms with Crippen molar-refractivity contribution in [1.29, 1.82) is 0 Å². The van der Waals surface area contributed by atoms with Gasteiger partial charge in [-0.25, -0.2) is 0 Å². The zero-order valence-electron chi connectivity index (χ0n) is 5.08. The average Bonchev–Trinajstić information content (AvgIpc) is 2.25. The number of fused-ring (bicyclic) bond motifs is 2. The van der Waals surface area contributed by atoms with Gasteiger partial charge in [0.25, 0.3) is 0 Å². The summed E-state index contributed by atoms with van der Waals surface area (Å²) in [7, 11) is 0. The standard InChI is InChI=1S/C7H9NO/c8-6-3-4-1-2-5(6)7(4)9/h1-2,4-6H,3,8H2/t4-,5-,6+/m0/s1. The highest BCUT2D eigenvalue weighted by atomic mass is 16.1. The SMILES string of the molecule is N[C@@H]1C[C@@H]2C=C[C@@H]1C2=O. The molecule has 48 valence electrons. The molecular formula is C7H9NO. The fourth-order valence-electron chi connectivity index (χ4n) is 1.68. The summed E-state index contributed by atoms with van der Waals surface area (Å²) in [5, 5.41) is 0. The number of carbonyl (C=O) groups is 1. The highest BCUT2D eigenvalue weighted by molar-refractivity contribution is 5.92. The summed E-state index contributed by atoms with van der Waals surface area (Å²) >= 11 is 0. The summed E-state index contributed by atoms with van der Waals surface area (Å²) in [6, 6.07) is 0.118. The van der Waals surface area contributed by atoms with Gasteiger partial charge in [0.2, 0.25) is 0 Å². The van der Waals surface area contributed by atoms with E-state index in [-0.39, 0.29) is 17.9 Å². The van der Waals surface area contributed by atoms with Crippen molar-refractivity contribution in [3.05, 3.63) is 12.2 Å². The van der Waals surface area contributed by atoms with Gasteiger partial charge in [0.15, 0.2) is 0 Å². The van der Waals surface area contributed by atoms with E-state index in [2.05, 4.69) is 0 Å². The van der Waals surface area contributed by atoms with E-state index in [9.17, 15) is 4.79 Å². The molecule has 2 aliphatic carbocycles. The molecule has 0 heterocycles. The molecule has 0 aromatic heterocycles. The predicted octanol–water partition coefficient (Wildman–Crippen LogP) is 0.0887. The van der Waals surface area contributed by atoms with Gasteiger partial charge in [0, 0.05) is 12.0 Å². The third kappa shape index (κ3) is 0.512. The van der Waals surface area contributed by atoms with Crippen LogP contribution >= 0.6 is 0 Å². The van der Waals surface area contributed by atoms with E-state index in [1.165, 1.54) is 0 Å². The maximum Gasteiger partial charge on any atom is 0.148 e. The van der Waals surface area contributed by atoms with Crippen LogP contribution in [-0.4, -0.2) is 11.8 Å². The summed E-state index contributed by atoms with van der Waals surface area (Å²) in [6.45, 7) is 0. The Hall–Kier alpha value is -0.630. The Labute approximate surface area is 53.7 Å². The molecule has 2 N–H and O–H groups in total. The van der Waals surface area contributed by atoms with Crippen molar-refractivity contribution in [2.75, 3.05) is 0 Å². The second-order valence-corrected chi connectivity index (χ2v) is 2.82. The lowest BCUT2D eigenvalue weighted by Crippen LogP contribution is -2.25. The van der Waals surface area contributed by atoms with Crippen LogP contribution in [0.25, 0.3) is 0 Å². The van der Waals surface area contributed by atoms with Crippen LogP contribution in [0.4, 0.5) is 0 Å². The summed E-state index contributed by atoms with van der Waals surface area (Å²) < 4.78 is 0. The molecule has 2 aliphatic rings. The van der Waals surface area contributed by atoms with E-state index in [0.29, 0.717) is 5.78 Å². The molecule has 3 atom stereocenters. The minimum absolute atomic E-state index is 0.0648. The Morgan fingerprint density at radius 1 is 1.56 bits per heavy atom. The molecule has 0 amide bonds. The van der Waals surface area contributed by atoms with Crippen molar-refractivity contribution in [3.8, 4) is 0 Å². The van der Waals surface area contributed by atoms with Crippen LogP contribution in [-0.2, 0) is 4.79 Å². The fraction of sp³-hybridized carbons (Fsp3) is 0.571. The van der Waals surface area contributed by atoms with Gasteiger partial charge in [-0.05, 0) is 6.42 Å². The second-order valence-electron chi connectivity index (χ2n) is 2.82. The molecule has 0 radical (unpaired) electrons. The molecule has 1 fully saturated rings. The van der Waals surface area contributed by atoms with Gasteiger partial charge in [-0.15, -0.1) is 0 Å². The molecule has 0 aromatic rings. The van der Waals surface area contributed by atoms with Crippen molar-refractivity contribution in [2.24, 2.45) is 17.6 Å². The highest BCUT2D eigenvalue weighted by Gasteiger charge is 2.41. The largest absolute Gasteiger partial charge is 0.327 e. The van der Waals surface area contributed by atoms with Crippen LogP contribution in [0.15, 0.2) is 12.2 Å². The van der Waals surface area contributed by atoms with Crippen molar-refractivity contribution in [1.82, 2.24) is 0 Å². The fourth-order valence-corrected chi connectivity index (χ4v) is 1.68. The summed E-state index contributed by atoms with van der Waals surface area (Å²) in [6.07, 6.45) is 4.80. The Balaban J connectivity index is 2.36. The van der Waals surface area contributed by atoms with Gasteiger partial charge in [-0.1, -0.05) is 12.2 Å². The summed E-state index contributed by atoms with van der Waals surface area (Å²) in [5.74, 6) is 0.572. The van der Waals surface area contributed by atoms with Gasteiger partial charge in [-0.3, -0.25) is 4.79 Å². The second kappa shape index (κ2) is 1.45. The number of hydrogen-bond acceptors (Lipinski definition) is 2. The van der Waals surface area contributed by atoms with Gasteiger partial charge < -0.3 is 5.73 Å². The van der Waals surface area contributed by atoms with Crippen LogP contribution in [0.3, 0.4) is 0 Å². The first-order chi connectivity index (χ1) is 4.29. The Morgan fingerprint density at radius 2 is 2.33 bits per heavy atom. The van der Waals surface area contributed by atoms with Crippen molar-refractivity contribution in [2.45, 2.75) is 12.5 Å². The third-order valence-electron chi connectivity index (χ3n) is 2.23. The number of rotatable bonds is 0. The van der Waals surface area contributed by atoms with Gasteiger partial charge in [0.1, 0.15) is 5.78 Å². The summed E-state index contributed by atoms with van der Waals surface area (Å²) in [5.41, 5.74) is 5.64. The van der Waals surface area contributed by atoms with Crippen LogP contribution < -0.4 is 5.73 Å². The van der Waals surface area contributed by atoms with Crippen LogP contribution in [0.1, 0.15) is 6.42 Å². The molecule has 1 saturated carbocycles. The van der Waals surface area contributed by atoms with Crippen molar-refractivity contribution < 1.29 is 4.79 Å². The Morgan fingerprint density at radius 3 is 2.56 bits per heavy atom. The topological polar surface area (TPSA) is 43.1 Å². The first kappa shape index (κ1) is 5.18. The molecule has 2 rings (SSSR count). The molecular weight excluding hydrogens is 114 g/mol. The zero-order chi connectivity index (χ0) is 6.43.